The third-order valence-corrected chi connectivity index (χ3v) is 7.80. The second-order valence-electron chi connectivity index (χ2n) is 5.52. The number of aliphatic hydroxyl groups is 1. The Bertz CT molecular complexity index is 575. The number of rotatable bonds is 3. The van der Waals surface area contributed by atoms with Crippen molar-refractivity contribution in [2.45, 2.75) is 25.9 Å². The van der Waals surface area contributed by atoms with Gasteiger partial charge in [-0.1, -0.05) is 31.3 Å². The van der Waals surface area contributed by atoms with Gasteiger partial charge in [0.15, 0.2) is 0 Å². The summed E-state index contributed by atoms with van der Waals surface area (Å²) >= 11 is 0. The largest absolute Gasteiger partial charge is 0.396 e. The topological polar surface area (TPSA) is 49.3 Å². The molecule has 2 bridgehead atoms. The SMILES string of the molecule is C[Si]1(C)C2=C(NC(=O)CCO)c3c(cccc31)C2. The number of hydrogen-bond acceptors (Lipinski definition) is 2. The molecule has 3 nitrogen and oxygen atoms in total. The van der Waals surface area contributed by atoms with Crippen molar-refractivity contribution in [2.75, 3.05) is 6.61 Å². The van der Waals surface area contributed by atoms with Crippen LogP contribution >= 0.6 is 0 Å². The molecule has 0 saturated carbocycles. The summed E-state index contributed by atoms with van der Waals surface area (Å²) in [6.45, 7) is 4.59. The number of carbonyl (C=O) groups excluding carboxylic acids is 1. The van der Waals surface area contributed by atoms with Gasteiger partial charge in [-0.2, -0.15) is 0 Å². The fourth-order valence-electron chi connectivity index (χ4n) is 3.13. The number of benzene rings is 1. The second-order valence-corrected chi connectivity index (χ2v) is 9.91. The van der Waals surface area contributed by atoms with Crippen LogP contribution in [0.5, 0.6) is 0 Å². The maximum absolute atomic E-state index is 11.7. The summed E-state index contributed by atoms with van der Waals surface area (Å²) < 4.78 is 0. The summed E-state index contributed by atoms with van der Waals surface area (Å²) in [6.07, 6.45) is 1.17. The van der Waals surface area contributed by atoms with E-state index >= 15 is 0 Å². The Morgan fingerprint density at radius 3 is 2.94 bits per heavy atom. The Morgan fingerprint density at radius 1 is 1.44 bits per heavy atom. The fraction of sp³-hybridized carbons (Fsp3) is 0.357. The molecule has 2 aliphatic rings. The first-order valence-corrected chi connectivity index (χ1v) is 9.33. The first-order valence-electron chi connectivity index (χ1n) is 6.33. The van der Waals surface area contributed by atoms with E-state index in [2.05, 4.69) is 36.6 Å². The highest BCUT2D eigenvalue weighted by atomic mass is 28.3. The van der Waals surface area contributed by atoms with Crippen LogP contribution in [0.4, 0.5) is 0 Å². The van der Waals surface area contributed by atoms with Crippen LogP contribution < -0.4 is 10.5 Å². The predicted molar refractivity (Wildman–Crippen MR) is 74.0 cm³/mol. The summed E-state index contributed by atoms with van der Waals surface area (Å²) in [5.74, 6) is -0.0839. The van der Waals surface area contributed by atoms with Crippen molar-refractivity contribution in [3.63, 3.8) is 0 Å². The number of hydrogen-bond donors (Lipinski definition) is 2. The lowest BCUT2D eigenvalue weighted by Crippen LogP contribution is -2.44. The molecule has 0 spiro atoms. The van der Waals surface area contributed by atoms with E-state index in [0.717, 1.165) is 12.1 Å². The third-order valence-electron chi connectivity index (χ3n) is 4.10. The zero-order chi connectivity index (χ0) is 12.9. The molecule has 94 valence electrons. The molecule has 0 fully saturated rings. The Balaban J connectivity index is 2.03. The van der Waals surface area contributed by atoms with Crippen molar-refractivity contribution in [3.8, 4) is 0 Å². The number of nitrogens with one attached hydrogen (secondary N) is 1. The zero-order valence-electron chi connectivity index (χ0n) is 10.7. The van der Waals surface area contributed by atoms with Crippen LogP contribution in [-0.2, 0) is 11.2 Å². The Labute approximate surface area is 108 Å². The number of allylic oxidation sites excluding steroid dienone is 1. The maximum atomic E-state index is 11.7. The molecule has 1 aromatic rings. The van der Waals surface area contributed by atoms with E-state index in [0.29, 0.717) is 0 Å². The first kappa shape index (κ1) is 11.7. The van der Waals surface area contributed by atoms with Gasteiger partial charge in [0.2, 0.25) is 5.91 Å². The molecule has 0 atom stereocenters. The molecule has 18 heavy (non-hydrogen) atoms. The molecule has 1 amide bonds. The van der Waals surface area contributed by atoms with Crippen LogP contribution in [0.25, 0.3) is 5.70 Å². The fourth-order valence-corrected chi connectivity index (χ4v) is 6.32. The van der Waals surface area contributed by atoms with Gasteiger partial charge >= 0.3 is 0 Å². The van der Waals surface area contributed by atoms with Crippen molar-refractivity contribution in [3.05, 3.63) is 34.5 Å². The molecule has 0 saturated heterocycles. The van der Waals surface area contributed by atoms with Crippen LogP contribution in [0, 0.1) is 0 Å². The summed E-state index contributed by atoms with van der Waals surface area (Å²) in [7, 11) is -1.54. The lowest BCUT2D eigenvalue weighted by molar-refractivity contribution is -0.120. The van der Waals surface area contributed by atoms with Crippen molar-refractivity contribution in [1.29, 1.82) is 0 Å². The minimum absolute atomic E-state index is 0.0839. The molecular formula is C14H17NO2Si. The highest BCUT2D eigenvalue weighted by molar-refractivity contribution is 6.98. The number of carbonyl (C=O) groups is 1. The standard InChI is InChI=1S/C14H17NO2Si/c1-18(2)10-5-3-4-9-8-11(18)14(13(9)10)15-12(17)6-7-16/h3-5,16H,6-8H2,1-2H3,(H,15,17). The number of aliphatic hydroxyl groups excluding tert-OH is 1. The van der Waals surface area contributed by atoms with Gasteiger partial charge in [0, 0.05) is 11.3 Å². The van der Waals surface area contributed by atoms with E-state index in [-0.39, 0.29) is 18.9 Å². The molecule has 0 unspecified atom stereocenters. The minimum atomic E-state index is -1.54. The highest BCUT2D eigenvalue weighted by Gasteiger charge is 2.45. The molecule has 4 heteroatoms. The molecule has 1 heterocycles. The summed E-state index contributed by atoms with van der Waals surface area (Å²) in [5.41, 5.74) is 3.67. The van der Waals surface area contributed by atoms with Gasteiger partial charge in [-0.25, -0.2) is 0 Å². The molecule has 0 radical (unpaired) electrons. The third kappa shape index (κ3) is 1.42. The van der Waals surface area contributed by atoms with Gasteiger partial charge in [-0.15, -0.1) is 0 Å². The number of amides is 1. The first-order chi connectivity index (χ1) is 8.55. The van der Waals surface area contributed by atoms with Crippen molar-refractivity contribution < 1.29 is 9.90 Å². The smallest absolute Gasteiger partial charge is 0.226 e. The Morgan fingerprint density at radius 2 is 2.22 bits per heavy atom. The van der Waals surface area contributed by atoms with Gasteiger partial charge in [-0.05, 0) is 22.4 Å². The summed E-state index contributed by atoms with van der Waals surface area (Å²) in [5, 5.41) is 14.7. The molecular weight excluding hydrogens is 242 g/mol. The van der Waals surface area contributed by atoms with E-state index in [9.17, 15) is 4.79 Å². The lowest BCUT2D eigenvalue weighted by atomic mass is 10.1. The van der Waals surface area contributed by atoms with E-state index in [1.807, 2.05) is 0 Å². The van der Waals surface area contributed by atoms with Gasteiger partial charge in [0.1, 0.15) is 8.07 Å². The second kappa shape index (κ2) is 3.80. The average molecular weight is 259 g/mol. The van der Waals surface area contributed by atoms with E-state index < -0.39 is 8.07 Å². The van der Waals surface area contributed by atoms with E-state index in [1.54, 1.807) is 0 Å². The zero-order valence-corrected chi connectivity index (χ0v) is 11.7. The predicted octanol–water partition coefficient (Wildman–Crippen LogP) is 0.921. The van der Waals surface area contributed by atoms with Gasteiger partial charge in [0.05, 0.1) is 13.0 Å². The van der Waals surface area contributed by atoms with Crippen LogP contribution in [0.2, 0.25) is 13.1 Å². The monoisotopic (exact) mass is 259 g/mol. The van der Waals surface area contributed by atoms with Crippen molar-refractivity contribution >= 4 is 24.9 Å². The molecule has 3 rings (SSSR count). The average Bonchev–Trinajstić information content (AvgIpc) is 2.76. The van der Waals surface area contributed by atoms with Crippen molar-refractivity contribution in [1.82, 2.24) is 5.32 Å². The van der Waals surface area contributed by atoms with Crippen LogP contribution in [0.3, 0.4) is 0 Å². The lowest BCUT2D eigenvalue weighted by Gasteiger charge is -2.26. The molecule has 0 aromatic heterocycles. The van der Waals surface area contributed by atoms with Gasteiger partial charge < -0.3 is 10.4 Å². The Hall–Kier alpha value is -1.39. The molecule has 1 aliphatic heterocycles. The molecule has 1 aliphatic carbocycles. The van der Waals surface area contributed by atoms with Gasteiger partial charge in [0.25, 0.3) is 0 Å². The minimum Gasteiger partial charge on any atom is -0.396 e. The highest BCUT2D eigenvalue weighted by Crippen LogP contribution is 2.42. The molecule has 1 aromatic carbocycles. The quantitative estimate of drug-likeness (QED) is 0.793. The normalized spacial score (nSPS) is 18.4. The molecule has 2 N–H and O–H groups in total. The van der Waals surface area contributed by atoms with E-state index in [1.165, 1.54) is 21.5 Å². The van der Waals surface area contributed by atoms with Crippen molar-refractivity contribution in [2.24, 2.45) is 0 Å². The summed E-state index contributed by atoms with van der Waals surface area (Å²) in [6, 6.07) is 6.47. The van der Waals surface area contributed by atoms with Crippen LogP contribution in [-0.4, -0.2) is 25.7 Å². The summed E-state index contributed by atoms with van der Waals surface area (Å²) in [4.78, 5) is 11.7. The van der Waals surface area contributed by atoms with Crippen LogP contribution in [0.1, 0.15) is 17.5 Å². The Kier molecular flexibility index (Phi) is 2.47. The maximum Gasteiger partial charge on any atom is 0.226 e. The van der Waals surface area contributed by atoms with Crippen LogP contribution in [0.15, 0.2) is 23.4 Å². The van der Waals surface area contributed by atoms with Gasteiger partial charge in [-0.3, -0.25) is 4.79 Å². The van der Waals surface area contributed by atoms with E-state index in [4.69, 9.17) is 5.11 Å².